The van der Waals surface area contributed by atoms with E-state index < -0.39 is 6.16 Å². The molecule has 0 heterocycles. The molecular weight excluding hydrogens is 124 g/mol. The Labute approximate surface area is 52.4 Å². The molecule has 9 heavy (non-hydrogen) atoms. The van der Waals surface area contributed by atoms with Crippen LogP contribution >= 0.6 is 0 Å². The van der Waals surface area contributed by atoms with Crippen molar-refractivity contribution < 1.29 is 19.7 Å². The highest BCUT2D eigenvalue weighted by Crippen LogP contribution is 1.77. The molecule has 0 amide bonds. The van der Waals surface area contributed by atoms with Gasteiger partial charge in [-0.05, 0) is 6.08 Å². The summed E-state index contributed by atoms with van der Waals surface area (Å²) in [6.07, 6.45) is 1.52. The molecule has 0 aromatic heterocycles. The number of ether oxygens (including phenoxy) is 1. The fourth-order valence-electron chi connectivity index (χ4n) is 0.262. The largest absolute Gasteiger partial charge is 0.506 e. The second kappa shape index (κ2) is 5.11. The molecule has 0 unspecified atom stereocenters. The second-order valence-corrected chi connectivity index (χ2v) is 1.23. The third-order valence-corrected chi connectivity index (χ3v) is 0.575. The Morgan fingerprint density at radius 2 is 2.22 bits per heavy atom. The Bertz CT molecular complexity index is 108. The minimum atomic E-state index is -1.31. The Balaban J connectivity index is 3.09. The van der Waals surface area contributed by atoms with Gasteiger partial charge in [0.2, 0.25) is 0 Å². The van der Waals surface area contributed by atoms with Crippen LogP contribution in [0, 0.1) is 0 Å². The van der Waals surface area contributed by atoms with Crippen LogP contribution in [0.25, 0.3) is 0 Å². The van der Waals surface area contributed by atoms with E-state index in [1.807, 2.05) is 0 Å². The Kier molecular flexibility index (Phi) is 4.53. The fraction of sp³-hybridized carbons (Fsp3) is 0.400. The van der Waals surface area contributed by atoms with Crippen LogP contribution in [0.4, 0.5) is 4.79 Å². The van der Waals surface area contributed by atoms with Gasteiger partial charge < -0.3 is 14.9 Å². The van der Waals surface area contributed by atoms with E-state index in [9.17, 15) is 4.79 Å². The van der Waals surface area contributed by atoms with Crippen LogP contribution in [0.2, 0.25) is 0 Å². The fourth-order valence-corrected chi connectivity index (χ4v) is 0.262. The van der Waals surface area contributed by atoms with Gasteiger partial charge in [-0.2, -0.15) is 0 Å². The quantitative estimate of drug-likeness (QED) is 0.426. The van der Waals surface area contributed by atoms with Gasteiger partial charge in [-0.25, -0.2) is 4.79 Å². The first-order valence-electron chi connectivity index (χ1n) is 2.39. The summed E-state index contributed by atoms with van der Waals surface area (Å²) in [7, 11) is 0. The molecule has 0 fully saturated rings. The lowest BCUT2D eigenvalue weighted by Gasteiger charge is -1.90. The van der Waals surface area contributed by atoms with Crippen molar-refractivity contribution in [3.63, 3.8) is 0 Å². The van der Waals surface area contributed by atoms with Crippen molar-refractivity contribution >= 4 is 6.16 Å². The Hall–Kier alpha value is -1.03. The number of hydrogen-bond acceptors (Lipinski definition) is 3. The van der Waals surface area contributed by atoms with Gasteiger partial charge in [-0.3, -0.25) is 0 Å². The molecule has 0 saturated carbocycles. The van der Waals surface area contributed by atoms with Crippen LogP contribution in [-0.2, 0) is 4.74 Å². The lowest BCUT2D eigenvalue weighted by atomic mass is 10.5. The van der Waals surface area contributed by atoms with Crippen molar-refractivity contribution in [2.75, 3.05) is 13.2 Å². The van der Waals surface area contributed by atoms with E-state index in [0.29, 0.717) is 0 Å². The highest BCUT2D eigenvalue weighted by molar-refractivity contribution is 5.56. The van der Waals surface area contributed by atoms with Crippen LogP contribution in [-0.4, -0.2) is 29.6 Å². The van der Waals surface area contributed by atoms with Crippen LogP contribution in [0.3, 0.4) is 0 Å². The molecule has 0 aromatic rings. The summed E-state index contributed by atoms with van der Waals surface area (Å²) in [4.78, 5) is 9.64. The van der Waals surface area contributed by atoms with E-state index in [1.165, 1.54) is 12.2 Å². The smallest absolute Gasteiger partial charge is 0.450 e. The number of carboxylic acid groups (broad SMARTS) is 1. The van der Waals surface area contributed by atoms with E-state index in [-0.39, 0.29) is 13.2 Å². The van der Waals surface area contributed by atoms with Crippen molar-refractivity contribution in [2.45, 2.75) is 0 Å². The van der Waals surface area contributed by atoms with Crippen molar-refractivity contribution in [3.8, 4) is 0 Å². The minimum Gasteiger partial charge on any atom is -0.450 e. The van der Waals surface area contributed by atoms with Gasteiger partial charge in [0.05, 0.1) is 6.61 Å². The standard InChI is InChI=1S/C5H8O4/c6-3-1-2-4-9-5(7)8/h1-2,6H,3-4H2,(H,7,8)/b2-1-. The Morgan fingerprint density at radius 1 is 1.56 bits per heavy atom. The van der Waals surface area contributed by atoms with E-state index in [2.05, 4.69) is 4.74 Å². The van der Waals surface area contributed by atoms with Crippen LogP contribution in [0.1, 0.15) is 0 Å². The number of rotatable bonds is 3. The summed E-state index contributed by atoms with van der Waals surface area (Å²) in [5.41, 5.74) is 0. The van der Waals surface area contributed by atoms with E-state index >= 15 is 0 Å². The van der Waals surface area contributed by atoms with Crippen LogP contribution in [0.5, 0.6) is 0 Å². The van der Waals surface area contributed by atoms with E-state index in [1.54, 1.807) is 0 Å². The van der Waals surface area contributed by atoms with E-state index in [0.717, 1.165) is 0 Å². The molecule has 0 aliphatic heterocycles. The van der Waals surface area contributed by atoms with Crippen molar-refractivity contribution in [1.82, 2.24) is 0 Å². The monoisotopic (exact) mass is 132 g/mol. The van der Waals surface area contributed by atoms with Gasteiger partial charge in [0.1, 0.15) is 6.61 Å². The molecule has 52 valence electrons. The van der Waals surface area contributed by atoms with E-state index in [4.69, 9.17) is 10.2 Å². The summed E-state index contributed by atoms with van der Waals surface area (Å²) in [5, 5.41) is 16.0. The topological polar surface area (TPSA) is 66.8 Å². The summed E-state index contributed by atoms with van der Waals surface area (Å²) in [6.45, 7) is -0.0983. The van der Waals surface area contributed by atoms with Crippen molar-refractivity contribution in [2.24, 2.45) is 0 Å². The lowest BCUT2D eigenvalue weighted by Crippen LogP contribution is -1.98. The van der Waals surface area contributed by atoms with Gasteiger partial charge in [-0.1, -0.05) is 6.08 Å². The number of hydrogen-bond donors (Lipinski definition) is 2. The summed E-state index contributed by atoms with van der Waals surface area (Å²) < 4.78 is 4.06. The average Bonchev–Trinajstić information content (AvgIpc) is 1.80. The maximum absolute atomic E-state index is 9.64. The zero-order chi connectivity index (χ0) is 7.11. The highest BCUT2D eigenvalue weighted by atomic mass is 16.7. The van der Waals surface area contributed by atoms with Crippen molar-refractivity contribution in [1.29, 1.82) is 0 Å². The number of carbonyl (C=O) groups is 1. The predicted molar refractivity (Wildman–Crippen MR) is 30.2 cm³/mol. The molecule has 0 radical (unpaired) electrons. The average molecular weight is 132 g/mol. The summed E-state index contributed by atoms with van der Waals surface area (Å²) in [6, 6.07) is 0. The number of aliphatic hydroxyl groups excluding tert-OH is 1. The third-order valence-electron chi connectivity index (χ3n) is 0.575. The third kappa shape index (κ3) is 6.97. The van der Waals surface area contributed by atoms with Crippen LogP contribution in [0.15, 0.2) is 12.2 Å². The molecule has 0 saturated heterocycles. The number of aliphatic hydroxyl groups is 1. The second-order valence-electron chi connectivity index (χ2n) is 1.23. The molecule has 0 rings (SSSR count). The highest BCUT2D eigenvalue weighted by Gasteiger charge is 1.89. The van der Waals surface area contributed by atoms with Gasteiger partial charge >= 0.3 is 6.16 Å². The molecule has 0 atom stereocenters. The first kappa shape index (κ1) is 7.97. The predicted octanol–water partition coefficient (Wildman–Crippen LogP) is 0.230. The molecular formula is C5H8O4. The summed E-state index contributed by atoms with van der Waals surface area (Å²) in [5.74, 6) is 0. The molecule has 2 N–H and O–H groups in total. The lowest BCUT2D eigenvalue weighted by molar-refractivity contribution is 0.102. The Morgan fingerprint density at radius 3 is 2.67 bits per heavy atom. The molecule has 0 aliphatic carbocycles. The van der Waals surface area contributed by atoms with Crippen molar-refractivity contribution in [3.05, 3.63) is 12.2 Å². The van der Waals surface area contributed by atoms with Gasteiger partial charge in [0.25, 0.3) is 0 Å². The molecule has 0 spiro atoms. The molecule has 0 bridgehead atoms. The molecule has 4 heteroatoms. The molecule has 0 aliphatic rings. The first-order valence-corrected chi connectivity index (χ1v) is 2.39. The maximum Gasteiger partial charge on any atom is 0.506 e. The van der Waals surface area contributed by atoms with Crippen LogP contribution < -0.4 is 0 Å². The van der Waals surface area contributed by atoms with Gasteiger partial charge in [0, 0.05) is 0 Å². The zero-order valence-corrected chi connectivity index (χ0v) is 4.78. The first-order chi connectivity index (χ1) is 4.27. The van der Waals surface area contributed by atoms with Gasteiger partial charge in [0.15, 0.2) is 0 Å². The molecule has 0 aromatic carbocycles. The zero-order valence-electron chi connectivity index (χ0n) is 4.78. The SMILES string of the molecule is O=C(O)OC/C=C\CO. The minimum absolute atomic E-state index is 0.00407. The van der Waals surface area contributed by atoms with Gasteiger partial charge in [-0.15, -0.1) is 0 Å². The molecule has 4 nitrogen and oxygen atoms in total. The normalized spacial score (nSPS) is 9.89. The summed E-state index contributed by atoms with van der Waals surface area (Å²) >= 11 is 0. The maximum atomic E-state index is 9.64.